The quantitative estimate of drug-likeness (QED) is 0.562. The number of rotatable bonds is 0. The number of nitrogens with one attached hydrogen (secondary N) is 1. The minimum atomic E-state index is -1.28. The molecule has 0 aromatic carbocycles. The highest BCUT2D eigenvalue weighted by Gasteiger charge is 2.25. The lowest BCUT2D eigenvalue weighted by molar-refractivity contribution is 0.200. The summed E-state index contributed by atoms with van der Waals surface area (Å²) in [5.41, 5.74) is 0. The molecule has 11 heavy (non-hydrogen) atoms. The van der Waals surface area contributed by atoms with Gasteiger partial charge in [0.15, 0.2) is 8.32 Å². The van der Waals surface area contributed by atoms with Gasteiger partial charge >= 0.3 is 0 Å². The van der Waals surface area contributed by atoms with Crippen molar-refractivity contribution < 1.29 is 4.43 Å². The fraction of sp³-hybridized carbons (Fsp3) is 1.00. The minimum Gasteiger partial charge on any atom is -0.413 e. The molecular formula is C8H19NOSi. The molecule has 1 fully saturated rings. The van der Waals surface area contributed by atoms with Crippen molar-refractivity contribution in [3.05, 3.63) is 0 Å². The van der Waals surface area contributed by atoms with Crippen molar-refractivity contribution in [3.63, 3.8) is 0 Å². The summed E-state index contributed by atoms with van der Waals surface area (Å²) >= 11 is 0. The Morgan fingerprint density at radius 1 is 1.45 bits per heavy atom. The first-order valence-corrected chi connectivity index (χ1v) is 7.60. The van der Waals surface area contributed by atoms with E-state index in [1.54, 1.807) is 0 Å². The monoisotopic (exact) mass is 173 g/mol. The number of hydrogen-bond acceptors (Lipinski definition) is 2. The first-order chi connectivity index (χ1) is 5.10. The minimum absolute atomic E-state index is 0.414. The van der Waals surface area contributed by atoms with Crippen LogP contribution in [-0.2, 0) is 4.43 Å². The van der Waals surface area contributed by atoms with Gasteiger partial charge in [0, 0.05) is 6.54 Å². The Balaban J connectivity index is 2.42. The second kappa shape index (κ2) is 3.69. The van der Waals surface area contributed by atoms with Crippen molar-refractivity contribution in [2.24, 2.45) is 0 Å². The first-order valence-electron chi connectivity index (χ1n) is 4.49. The van der Waals surface area contributed by atoms with E-state index < -0.39 is 8.32 Å². The van der Waals surface area contributed by atoms with Crippen LogP contribution in [0.3, 0.4) is 0 Å². The van der Waals surface area contributed by atoms with Crippen LogP contribution in [0.4, 0.5) is 0 Å². The predicted octanol–water partition coefficient (Wildman–Crippen LogP) is 1.59. The Hall–Kier alpha value is 0.137. The van der Waals surface area contributed by atoms with Crippen LogP contribution in [-0.4, -0.2) is 27.5 Å². The molecule has 1 rings (SSSR count). The van der Waals surface area contributed by atoms with E-state index in [-0.39, 0.29) is 0 Å². The third kappa shape index (κ3) is 3.36. The van der Waals surface area contributed by atoms with E-state index in [2.05, 4.69) is 25.3 Å². The van der Waals surface area contributed by atoms with E-state index in [4.69, 9.17) is 4.43 Å². The largest absolute Gasteiger partial charge is 0.413 e. The zero-order valence-corrected chi connectivity index (χ0v) is 8.81. The SMILES string of the molecule is CC1CNCCC[Si](C)(C)O1. The summed E-state index contributed by atoms with van der Waals surface area (Å²) < 4.78 is 5.96. The molecule has 1 aliphatic rings. The zero-order valence-electron chi connectivity index (χ0n) is 7.81. The summed E-state index contributed by atoms with van der Waals surface area (Å²) in [5.74, 6) is 0. The van der Waals surface area contributed by atoms with Crippen LogP contribution in [0.2, 0.25) is 19.1 Å². The van der Waals surface area contributed by atoms with E-state index in [1.165, 1.54) is 19.0 Å². The van der Waals surface area contributed by atoms with Crippen molar-refractivity contribution in [1.29, 1.82) is 0 Å². The van der Waals surface area contributed by atoms with Gasteiger partial charge in [0.25, 0.3) is 0 Å². The second-order valence-corrected chi connectivity index (χ2v) is 8.25. The van der Waals surface area contributed by atoms with Gasteiger partial charge in [0.05, 0.1) is 6.10 Å². The fourth-order valence-corrected chi connectivity index (χ4v) is 3.91. The van der Waals surface area contributed by atoms with E-state index in [9.17, 15) is 0 Å². The summed E-state index contributed by atoms with van der Waals surface area (Å²) in [6, 6.07) is 1.30. The highest BCUT2D eigenvalue weighted by atomic mass is 28.4. The van der Waals surface area contributed by atoms with Crippen LogP contribution < -0.4 is 5.32 Å². The first kappa shape index (κ1) is 9.23. The molecule has 0 aliphatic carbocycles. The molecule has 0 aromatic heterocycles. The van der Waals surface area contributed by atoms with Gasteiger partial charge < -0.3 is 9.74 Å². The standard InChI is InChI=1S/C8H19NOSi/c1-8-7-9-5-4-6-11(2,3)10-8/h8-9H,4-7H2,1-3H3. The molecule has 2 nitrogen and oxygen atoms in total. The lowest BCUT2D eigenvalue weighted by atomic mass is 10.4. The van der Waals surface area contributed by atoms with Crippen LogP contribution in [0.15, 0.2) is 0 Å². The maximum atomic E-state index is 5.96. The summed E-state index contributed by atoms with van der Waals surface area (Å²) in [5, 5.41) is 3.37. The maximum Gasteiger partial charge on any atom is 0.187 e. The van der Waals surface area contributed by atoms with Gasteiger partial charge in [0.2, 0.25) is 0 Å². The van der Waals surface area contributed by atoms with Crippen LogP contribution in [0.25, 0.3) is 0 Å². The fourth-order valence-electron chi connectivity index (χ4n) is 1.59. The van der Waals surface area contributed by atoms with Gasteiger partial charge in [-0.1, -0.05) is 0 Å². The Kier molecular flexibility index (Phi) is 3.10. The van der Waals surface area contributed by atoms with Crippen LogP contribution in [0.1, 0.15) is 13.3 Å². The molecule has 0 bridgehead atoms. The smallest absolute Gasteiger partial charge is 0.187 e. The van der Waals surface area contributed by atoms with E-state index in [1.807, 2.05) is 0 Å². The molecule has 1 saturated heterocycles. The van der Waals surface area contributed by atoms with Crippen molar-refractivity contribution in [3.8, 4) is 0 Å². The second-order valence-electron chi connectivity index (χ2n) is 4.00. The average Bonchev–Trinajstić information content (AvgIpc) is 1.82. The Bertz CT molecular complexity index is 127. The van der Waals surface area contributed by atoms with Crippen molar-refractivity contribution in [2.45, 2.75) is 38.6 Å². The van der Waals surface area contributed by atoms with Crippen LogP contribution in [0.5, 0.6) is 0 Å². The van der Waals surface area contributed by atoms with E-state index >= 15 is 0 Å². The van der Waals surface area contributed by atoms with Gasteiger partial charge in [0.1, 0.15) is 0 Å². The highest BCUT2D eigenvalue weighted by Crippen LogP contribution is 2.16. The molecule has 0 radical (unpaired) electrons. The Morgan fingerprint density at radius 2 is 2.18 bits per heavy atom. The van der Waals surface area contributed by atoms with Gasteiger partial charge in [-0.2, -0.15) is 0 Å². The third-order valence-corrected chi connectivity index (χ3v) is 4.68. The highest BCUT2D eigenvalue weighted by molar-refractivity contribution is 6.71. The average molecular weight is 173 g/mol. The van der Waals surface area contributed by atoms with Gasteiger partial charge in [-0.15, -0.1) is 0 Å². The third-order valence-electron chi connectivity index (χ3n) is 2.08. The van der Waals surface area contributed by atoms with Gasteiger partial charge in [-0.05, 0) is 39.0 Å². The summed E-state index contributed by atoms with van der Waals surface area (Å²) in [7, 11) is -1.28. The Morgan fingerprint density at radius 3 is 2.91 bits per heavy atom. The molecular weight excluding hydrogens is 154 g/mol. The molecule has 1 heterocycles. The number of hydrogen-bond donors (Lipinski definition) is 1. The van der Waals surface area contributed by atoms with Gasteiger partial charge in [-0.25, -0.2) is 0 Å². The molecule has 0 spiro atoms. The van der Waals surface area contributed by atoms with Gasteiger partial charge in [-0.3, -0.25) is 0 Å². The summed E-state index contributed by atoms with van der Waals surface area (Å²) in [6.07, 6.45) is 1.70. The van der Waals surface area contributed by atoms with E-state index in [0.717, 1.165) is 6.54 Å². The molecule has 1 aliphatic heterocycles. The lowest BCUT2D eigenvalue weighted by Crippen LogP contribution is -2.42. The molecule has 1 atom stereocenters. The van der Waals surface area contributed by atoms with Crippen molar-refractivity contribution >= 4 is 8.32 Å². The molecule has 66 valence electrons. The topological polar surface area (TPSA) is 21.3 Å². The summed E-state index contributed by atoms with van der Waals surface area (Å²) in [4.78, 5) is 0. The van der Waals surface area contributed by atoms with E-state index in [0.29, 0.717) is 6.10 Å². The summed E-state index contributed by atoms with van der Waals surface area (Å²) in [6.45, 7) is 8.98. The normalized spacial score (nSPS) is 32.5. The lowest BCUT2D eigenvalue weighted by Gasteiger charge is -2.30. The van der Waals surface area contributed by atoms with Crippen LogP contribution >= 0.6 is 0 Å². The molecule has 0 saturated carbocycles. The Labute approximate surface area is 70.5 Å². The zero-order chi connectivity index (χ0) is 8.32. The molecule has 1 unspecified atom stereocenters. The molecule has 0 aromatic rings. The van der Waals surface area contributed by atoms with Crippen molar-refractivity contribution in [2.75, 3.05) is 13.1 Å². The molecule has 0 amide bonds. The van der Waals surface area contributed by atoms with Crippen LogP contribution in [0, 0.1) is 0 Å². The maximum absolute atomic E-state index is 5.96. The molecule has 3 heteroatoms. The van der Waals surface area contributed by atoms with Crippen molar-refractivity contribution in [1.82, 2.24) is 5.32 Å². The molecule has 1 N–H and O–H groups in total. The predicted molar refractivity (Wildman–Crippen MR) is 50.3 cm³/mol.